The van der Waals surface area contributed by atoms with Crippen LogP contribution in [-0.2, 0) is 9.53 Å². The van der Waals surface area contributed by atoms with E-state index in [2.05, 4.69) is 54.5 Å². The molecular weight excluding hydrogens is 452 g/mol. The Morgan fingerprint density at radius 2 is 1.68 bits per heavy atom. The summed E-state index contributed by atoms with van der Waals surface area (Å²) in [4.78, 5) is 13.0. The summed E-state index contributed by atoms with van der Waals surface area (Å²) in [6.07, 6.45) is 19.8. The van der Waals surface area contributed by atoms with Crippen molar-refractivity contribution in [1.29, 1.82) is 0 Å². The molecule has 4 aliphatic rings. The zero-order chi connectivity index (χ0) is 27.4. The van der Waals surface area contributed by atoms with Crippen LogP contribution in [0.1, 0.15) is 146 Å². The lowest BCUT2D eigenvalue weighted by molar-refractivity contribution is -0.162. The topological polar surface area (TPSA) is 26.3 Å². The maximum atomic E-state index is 13.0. The van der Waals surface area contributed by atoms with Crippen LogP contribution in [0.3, 0.4) is 0 Å². The van der Waals surface area contributed by atoms with E-state index in [1.54, 1.807) is 5.57 Å². The molecule has 0 heterocycles. The van der Waals surface area contributed by atoms with E-state index in [9.17, 15) is 4.79 Å². The van der Waals surface area contributed by atoms with Gasteiger partial charge in [0.1, 0.15) is 6.10 Å². The van der Waals surface area contributed by atoms with Gasteiger partial charge in [-0.05, 0) is 112 Å². The third kappa shape index (κ3) is 7.05. The minimum Gasteiger partial charge on any atom is -0.462 e. The van der Waals surface area contributed by atoms with Crippen LogP contribution in [0.5, 0.6) is 0 Å². The van der Waals surface area contributed by atoms with Gasteiger partial charge in [0.05, 0.1) is 5.41 Å². The predicted octanol–water partition coefficient (Wildman–Crippen LogP) is 10.4. The zero-order valence-electron chi connectivity index (χ0n) is 26.2. The number of allylic oxidation sites excluding steroid dienone is 1. The van der Waals surface area contributed by atoms with Gasteiger partial charge in [-0.1, -0.05) is 85.8 Å². The molecule has 37 heavy (non-hydrogen) atoms. The fourth-order valence-corrected chi connectivity index (χ4v) is 9.23. The summed E-state index contributed by atoms with van der Waals surface area (Å²) in [5.41, 5.74) is 1.60. The number of fused-ring (bicyclic) bond motifs is 5. The highest BCUT2D eigenvalue weighted by Gasteiger charge is 2.54. The lowest BCUT2D eigenvalue weighted by Crippen LogP contribution is -2.48. The Kier molecular flexibility index (Phi) is 10.8. The molecule has 0 aromatic rings. The molecule has 0 aromatic carbocycles. The third-order valence-corrected chi connectivity index (χ3v) is 10.9. The smallest absolute Gasteiger partial charge is 0.311 e. The maximum absolute atomic E-state index is 13.0. The molecule has 0 bridgehead atoms. The molecule has 214 valence electrons. The number of carbonyl (C=O) groups is 1. The molecule has 2 nitrogen and oxygen atoms in total. The highest BCUT2D eigenvalue weighted by molar-refractivity contribution is 5.76. The van der Waals surface area contributed by atoms with Crippen LogP contribution >= 0.6 is 0 Å². The Bertz CT molecular complexity index is 761. The first kappa shape index (κ1) is 30.7. The number of unbranched alkanes of at least 4 members (excludes halogenated alkanes) is 1. The van der Waals surface area contributed by atoms with Gasteiger partial charge in [0, 0.05) is 6.42 Å². The zero-order valence-corrected chi connectivity index (χ0v) is 26.2. The number of rotatable bonds is 9. The Labute approximate surface area is 231 Å². The van der Waals surface area contributed by atoms with Crippen molar-refractivity contribution in [2.45, 2.75) is 152 Å². The number of esters is 1. The van der Waals surface area contributed by atoms with Crippen LogP contribution in [0.15, 0.2) is 11.6 Å². The Morgan fingerprint density at radius 1 is 0.973 bits per heavy atom. The van der Waals surface area contributed by atoms with Gasteiger partial charge in [0.2, 0.25) is 0 Å². The molecule has 3 saturated carbocycles. The van der Waals surface area contributed by atoms with Crippen LogP contribution < -0.4 is 0 Å². The van der Waals surface area contributed by atoms with Gasteiger partial charge in [0.15, 0.2) is 0 Å². The van der Waals surface area contributed by atoms with Crippen molar-refractivity contribution in [2.24, 2.45) is 52.3 Å². The average Bonchev–Trinajstić information content (AvgIpc) is 3.25. The Hall–Kier alpha value is -0.790. The fourth-order valence-electron chi connectivity index (χ4n) is 9.23. The lowest BCUT2D eigenvalue weighted by atomic mass is 9.50. The van der Waals surface area contributed by atoms with Crippen molar-refractivity contribution in [1.82, 2.24) is 0 Å². The van der Waals surface area contributed by atoms with Gasteiger partial charge in [-0.15, -0.1) is 0 Å². The van der Waals surface area contributed by atoms with Gasteiger partial charge >= 0.3 is 5.97 Å². The van der Waals surface area contributed by atoms with E-state index in [0.717, 1.165) is 54.8 Å². The largest absolute Gasteiger partial charge is 0.462 e. The third-order valence-electron chi connectivity index (χ3n) is 10.9. The number of carbonyl (C=O) groups excluding carboxylic acids is 1. The van der Waals surface area contributed by atoms with Crippen molar-refractivity contribution >= 4 is 5.97 Å². The summed E-state index contributed by atoms with van der Waals surface area (Å²) in [7, 11) is 0. The molecular formula is C35H62O2. The van der Waals surface area contributed by atoms with E-state index in [4.69, 9.17) is 4.74 Å². The van der Waals surface area contributed by atoms with E-state index >= 15 is 0 Å². The molecule has 7 atom stereocenters. The first-order chi connectivity index (χ1) is 17.5. The predicted molar refractivity (Wildman–Crippen MR) is 158 cm³/mol. The number of hydrogen-bond acceptors (Lipinski definition) is 2. The quantitative estimate of drug-likeness (QED) is 0.174. The summed E-state index contributed by atoms with van der Waals surface area (Å²) in [6, 6.07) is 0. The molecule has 0 aliphatic heterocycles. The molecule has 4 aliphatic carbocycles. The summed E-state index contributed by atoms with van der Waals surface area (Å²) in [6.45, 7) is 19.8. The molecule has 3 fully saturated rings. The summed E-state index contributed by atoms with van der Waals surface area (Å²) >= 11 is 0. The van der Waals surface area contributed by atoms with Gasteiger partial charge in [0.25, 0.3) is 0 Å². The minimum atomic E-state index is -0.382. The van der Waals surface area contributed by atoms with Crippen LogP contribution in [0.25, 0.3) is 0 Å². The van der Waals surface area contributed by atoms with Gasteiger partial charge in [-0.3, -0.25) is 4.79 Å². The summed E-state index contributed by atoms with van der Waals surface area (Å²) in [5, 5.41) is 0. The highest BCUT2D eigenvalue weighted by Crippen LogP contribution is 2.62. The second-order valence-electron chi connectivity index (χ2n) is 14.8. The molecule has 0 spiro atoms. The van der Waals surface area contributed by atoms with Crippen LogP contribution in [0.4, 0.5) is 0 Å². The Morgan fingerprint density at radius 3 is 2.35 bits per heavy atom. The number of hydrogen-bond donors (Lipinski definition) is 0. The van der Waals surface area contributed by atoms with Crippen molar-refractivity contribution in [3.8, 4) is 0 Å². The normalized spacial score (nSPS) is 35.2. The maximum Gasteiger partial charge on any atom is 0.311 e. The first-order valence-electron chi connectivity index (χ1n) is 16.4. The molecule has 4 rings (SSSR count). The first-order valence-corrected chi connectivity index (χ1v) is 16.4. The van der Waals surface area contributed by atoms with E-state index in [1.165, 1.54) is 64.2 Å². The van der Waals surface area contributed by atoms with Crippen molar-refractivity contribution in [3.05, 3.63) is 11.6 Å². The molecule has 7 unspecified atom stereocenters. The SMILES string of the molecule is CC.CC(C)CCCCC1CCC2C1CCC1C2CC=C2CC(OC(=O)C(C)(C)CC(C)C)CCC21C. The van der Waals surface area contributed by atoms with E-state index in [1.807, 2.05) is 13.8 Å². The summed E-state index contributed by atoms with van der Waals surface area (Å²) < 4.78 is 6.15. The van der Waals surface area contributed by atoms with E-state index < -0.39 is 0 Å². The highest BCUT2D eigenvalue weighted by atomic mass is 16.5. The molecule has 2 heteroatoms. The van der Waals surface area contributed by atoms with Gasteiger partial charge < -0.3 is 4.74 Å². The second kappa shape index (κ2) is 13.0. The summed E-state index contributed by atoms with van der Waals surface area (Å²) in [5.74, 6) is 6.15. The molecule has 0 radical (unpaired) electrons. The van der Waals surface area contributed by atoms with Crippen molar-refractivity contribution in [2.75, 3.05) is 0 Å². The molecule has 0 amide bonds. The second-order valence-corrected chi connectivity index (χ2v) is 14.8. The lowest BCUT2D eigenvalue weighted by Gasteiger charge is -2.55. The molecule has 0 N–H and O–H groups in total. The average molecular weight is 515 g/mol. The monoisotopic (exact) mass is 514 g/mol. The number of ether oxygens (including phenoxy) is 1. The van der Waals surface area contributed by atoms with E-state index in [0.29, 0.717) is 11.3 Å². The van der Waals surface area contributed by atoms with Gasteiger partial charge in [-0.2, -0.15) is 0 Å². The van der Waals surface area contributed by atoms with Gasteiger partial charge in [-0.25, -0.2) is 0 Å². The Balaban J connectivity index is 0.00000186. The van der Waals surface area contributed by atoms with Crippen LogP contribution in [0, 0.1) is 52.3 Å². The standard InChI is InChI=1S/C33H56O2.C2H6/c1-22(2)10-8-9-11-24-12-14-28-27(24)16-17-30-29(28)15-13-25-20-26(18-19-33(25,30)7)35-31(34)32(5,6)21-23(3)4;1-2/h13,22-24,26-30H,8-12,14-21H2,1-7H3;1-2H3. The van der Waals surface area contributed by atoms with Crippen molar-refractivity contribution < 1.29 is 9.53 Å². The van der Waals surface area contributed by atoms with Crippen molar-refractivity contribution in [3.63, 3.8) is 0 Å². The molecule has 0 saturated heterocycles. The minimum absolute atomic E-state index is 0.0139. The molecule has 0 aromatic heterocycles. The van der Waals surface area contributed by atoms with Crippen LogP contribution in [-0.4, -0.2) is 12.1 Å². The fraction of sp³-hybridized carbons (Fsp3) is 0.914. The van der Waals surface area contributed by atoms with E-state index in [-0.39, 0.29) is 17.5 Å². The van der Waals surface area contributed by atoms with Crippen LogP contribution in [0.2, 0.25) is 0 Å².